The Morgan fingerprint density at radius 3 is 2.59 bits per heavy atom. The maximum absolute atomic E-state index is 5.99. The van der Waals surface area contributed by atoms with E-state index in [4.69, 9.17) is 21.7 Å². The maximum atomic E-state index is 5.99. The van der Waals surface area contributed by atoms with Gasteiger partial charge in [0.15, 0.2) is 11.5 Å². The van der Waals surface area contributed by atoms with Gasteiger partial charge in [-0.15, -0.1) is 0 Å². The maximum Gasteiger partial charge on any atom is 0.214 e. The molecule has 0 unspecified atom stereocenters. The van der Waals surface area contributed by atoms with E-state index in [0.29, 0.717) is 36.0 Å². The van der Waals surface area contributed by atoms with Crippen LogP contribution in [0.2, 0.25) is 0 Å². The van der Waals surface area contributed by atoms with E-state index in [1.807, 2.05) is 56.3 Å². The van der Waals surface area contributed by atoms with Crippen molar-refractivity contribution in [1.29, 1.82) is 0 Å². The molecule has 142 valence electrons. The minimum atomic E-state index is 0.480. The van der Waals surface area contributed by atoms with E-state index in [0.717, 1.165) is 21.4 Å². The van der Waals surface area contributed by atoms with Crippen LogP contribution in [0.3, 0.4) is 0 Å². The zero-order chi connectivity index (χ0) is 19.2. The highest BCUT2D eigenvalue weighted by molar-refractivity contribution is 9.10. The molecule has 8 heteroatoms. The fourth-order valence-corrected chi connectivity index (χ4v) is 3.26. The Morgan fingerprint density at radius 2 is 1.93 bits per heavy atom. The SMILES string of the molecule is CCOc1cc(CNn2c(C)n[nH]c2=S)c(Br)cc1OCc1ccccc1. The van der Waals surface area contributed by atoms with Crippen LogP contribution >= 0.6 is 28.1 Å². The lowest BCUT2D eigenvalue weighted by Gasteiger charge is -2.16. The average molecular weight is 449 g/mol. The molecule has 0 saturated carbocycles. The van der Waals surface area contributed by atoms with Gasteiger partial charge in [0.2, 0.25) is 4.77 Å². The third-order valence-electron chi connectivity index (χ3n) is 3.92. The number of nitrogens with one attached hydrogen (secondary N) is 2. The molecule has 1 aromatic heterocycles. The summed E-state index contributed by atoms with van der Waals surface area (Å²) >= 11 is 8.84. The van der Waals surface area contributed by atoms with Crippen LogP contribution in [0.5, 0.6) is 11.5 Å². The molecule has 0 amide bonds. The lowest BCUT2D eigenvalue weighted by Crippen LogP contribution is -2.16. The Hall–Kier alpha value is -2.32. The standard InChI is InChI=1S/C19H21BrN4O2S/c1-3-25-17-9-15(11-21-24-13(2)22-23-19(24)27)16(20)10-18(17)26-12-14-7-5-4-6-8-14/h4-10,21H,3,11-12H2,1-2H3,(H,23,27). The summed E-state index contributed by atoms with van der Waals surface area (Å²) in [5.74, 6) is 2.18. The molecule has 3 aromatic rings. The second-order valence-corrected chi connectivity index (χ2v) is 7.08. The van der Waals surface area contributed by atoms with E-state index in [1.165, 1.54) is 0 Å². The number of nitrogens with zero attached hydrogens (tertiary/aromatic N) is 2. The minimum Gasteiger partial charge on any atom is -0.490 e. The Balaban J connectivity index is 1.77. The van der Waals surface area contributed by atoms with Crippen molar-refractivity contribution in [3.05, 3.63) is 68.7 Å². The van der Waals surface area contributed by atoms with E-state index in [-0.39, 0.29) is 0 Å². The van der Waals surface area contributed by atoms with Gasteiger partial charge in [0.1, 0.15) is 12.4 Å². The predicted octanol–water partition coefficient (Wildman–Crippen LogP) is 4.73. The van der Waals surface area contributed by atoms with E-state index < -0.39 is 0 Å². The molecule has 2 aromatic carbocycles. The van der Waals surface area contributed by atoms with Crippen LogP contribution in [-0.2, 0) is 13.2 Å². The van der Waals surface area contributed by atoms with E-state index in [2.05, 4.69) is 31.6 Å². The molecule has 0 radical (unpaired) electrons. The third-order valence-corrected chi connectivity index (χ3v) is 4.93. The van der Waals surface area contributed by atoms with Crippen LogP contribution < -0.4 is 14.9 Å². The van der Waals surface area contributed by atoms with Crippen LogP contribution in [0, 0.1) is 11.7 Å². The van der Waals surface area contributed by atoms with E-state index in [9.17, 15) is 0 Å². The van der Waals surface area contributed by atoms with Gasteiger partial charge in [0.25, 0.3) is 0 Å². The van der Waals surface area contributed by atoms with Gasteiger partial charge in [0, 0.05) is 4.47 Å². The van der Waals surface area contributed by atoms with Gasteiger partial charge in [-0.25, -0.2) is 4.68 Å². The normalized spacial score (nSPS) is 10.6. The number of aryl methyl sites for hydroxylation is 1. The molecule has 2 N–H and O–H groups in total. The molecule has 6 nitrogen and oxygen atoms in total. The van der Waals surface area contributed by atoms with Crippen LogP contribution in [0.15, 0.2) is 46.9 Å². The number of hydrogen-bond acceptors (Lipinski definition) is 5. The van der Waals surface area contributed by atoms with Crippen molar-refractivity contribution < 1.29 is 9.47 Å². The molecule has 0 saturated heterocycles. The summed E-state index contributed by atoms with van der Waals surface area (Å²) in [5, 5.41) is 6.85. The summed E-state index contributed by atoms with van der Waals surface area (Å²) in [6.07, 6.45) is 0. The van der Waals surface area contributed by atoms with Crippen molar-refractivity contribution >= 4 is 28.1 Å². The molecule has 0 spiro atoms. The van der Waals surface area contributed by atoms with E-state index in [1.54, 1.807) is 4.68 Å². The first-order valence-electron chi connectivity index (χ1n) is 8.58. The smallest absolute Gasteiger partial charge is 0.214 e. The van der Waals surface area contributed by atoms with Crippen molar-refractivity contribution in [3.63, 3.8) is 0 Å². The Labute approximate surface area is 171 Å². The largest absolute Gasteiger partial charge is 0.490 e. The van der Waals surface area contributed by atoms with Gasteiger partial charge in [-0.1, -0.05) is 46.3 Å². The second-order valence-electron chi connectivity index (χ2n) is 5.84. The summed E-state index contributed by atoms with van der Waals surface area (Å²) in [6.45, 7) is 5.42. The lowest BCUT2D eigenvalue weighted by molar-refractivity contribution is 0.269. The second kappa shape index (κ2) is 9.05. The van der Waals surface area contributed by atoms with Gasteiger partial charge < -0.3 is 14.9 Å². The molecule has 1 heterocycles. The zero-order valence-corrected chi connectivity index (χ0v) is 17.6. The molecule has 27 heavy (non-hydrogen) atoms. The van der Waals surface area contributed by atoms with Crippen molar-refractivity contribution in [2.24, 2.45) is 0 Å². The first-order chi connectivity index (χ1) is 13.1. The van der Waals surface area contributed by atoms with Crippen molar-refractivity contribution in [3.8, 4) is 11.5 Å². The molecule has 0 aliphatic rings. The summed E-state index contributed by atoms with van der Waals surface area (Å²) in [4.78, 5) is 0. The fraction of sp³-hybridized carbons (Fsp3) is 0.263. The molecular formula is C19H21BrN4O2S. The molecule has 0 aliphatic carbocycles. The summed E-state index contributed by atoms with van der Waals surface area (Å²) in [7, 11) is 0. The summed E-state index contributed by atoms with van der Waals surface area (Å²) < 4.78 is 15.0. The van der Waals surface area contributed by atoms with Gasteiger partial charge in [0.05, 0.1) is 13.2 Å². The first-order valence-corrected chi connectivity index (χ1v) is 9.78. The number of rotatable bonds is 8. The summed E-state index contributed by atoms with van der Waals surface area (Å²) in [6, 6.07) is 14.0. The number of benzene rings is 2. The van der Waals surface area contributed by atoms with Crippen molar-refractivity contribution in [2.75, 3.05) is 12.0 Å². The molecular weight excluding hydrogens is 428 g/mol. The van der Waals surface area contributed by atoms with Crippen molar-refractivity contribution in [2.45, 2.75) is 27.0 Å². The number of aromatic nitrogens is 3. The topological polar surface area (TPSA) is 64.1 Å². The third kappa shape index (κ3) is 4.90. The number of aromatic amines is 1. The minimum absolute atomic E-state index is 0.480. The van der Waals surface area contributed by atoms with Crippen LogP contribution in [0.1, 0.15) is 23.9 Å². The van der Waals surface area contributed by atoms with Gasteiger partial charge in [-0.2, -0.15) is 5.10 Å². The fourth-order valence-electron chi connectivity index (χ4n) is 2.56. The first kappa shape index (κ1) is 19.4. The average Bonchev–Trinajstić information content (AvgIpc) is 2.99. The van der Waals surface area contributed by atoms with Gasteiger partial charge >= 0.3 is 0 Å². The number of hydrogen-bond donors (Lipinski definition) is 2. The lowest BCUT2D eigenvalue weighted by atomic mass is 10.2. The number of halogens is 1. The Kier molecular flexibility index (Phi) is 6.52. The monoisotopic (exact) mass is 448 g/mol. The summed E-state index contributed by atoms with van der Waals surface area (Å²) in [5.41, 5.74) is 5.38. The quantitative estimate of drug-likeness (QED) is 0.487. The molecule has 0 bridgehead atoms. The highest BCUT2D eigenvalue weighted by atomic mass is 79.9. The number of ether oxygens (including phenoxy) is 2. The highest BCUT2D eigenvalue weighted by Gasteiger charge is 2.12. The van der Waals surface area contributed by atoms with Gasteiger partial charge in [-0.3, -0.25) is 5.10 Å². The number of H-pyrrole nitrogens is 1. The predicted molar refractivity (Wildman–Crippen MR) is 111 cm³/mol. The van der Waals surface area contributed by atoms with Gasteiger partial charge in [-0.05, 0) is 49.3 Å². The van der Waals surface area contributed by atoms with E-state index >= 15 is 0 Å². The van der Waals surface area contributed by atoms with Crippen LogP contribution in [0.25, 0.3) is 0 Å². The van der Waals surface area contributed by atoms with Crippen LogP contribution in [0.4, 0.5) is 0 Å². The Bertz CT molecular complexity index is 956. The molecule has 3 rings (SSSR count). The zero-order valence-electron chi connectivity index (χ0n) is 15.2. The van der Waals surface area contributed by atoms with Crippen LogP contribution in [-0.4, -0.2) is 21.5 Å². The molecule has 0 atom stereocenters. The van der Waals surface area contributed by atoms with Crippen molar-refractivity contribution in [1.82, 2.24) is 14.9 Å². The highest BCUT2D eigenvalue weighted by Crippen LogP contribution is 2.34. The molecule has 0 fully saturated rings. The Morgan fingerprint density at radius 1 is 1.19 bits per heavy atom. The molecule has 0 aliphatic heterocycles.